The van der Waals surface area contributed by atoms with Gasteiger partial charge in [0, 0.05) is 18.4 Å². The van der Waals surface area contributed by atoms with Crippen LogP contribution in [-0.4, -0.2) is 45.3 Å². The summed E-state index contributed by atoms with van der Waals surface area (Å²) in [5.74, 6) is -0.0368. The lowest BCUT2D eigenvalue weighted by Gasteiger charge is -2.34. The summed E-state index contributed by atoms with van der Waals surface area (Å²) in [5.41, 5.74) is 1.64. The van der Waals surface area contributed by atoms with E-state index >= 15 is 0 Å². The second-order valence-corrected chi connectivity index (χ2v) is 5.79. The van der Waals surface area contributed by atoms with E-state index in [4.69, 9.17) is 0 Å². The molecule has 2 aliphatic rings. The first-order valence-corrected chi connectivity index (χ1v) is 7.53. The van der Waals surface area contributed by atoms with E-state index in [9.17, 15) is 9.59 Å². The van der Waals surface area contributed by atoms with Gasteiger partial charge >= 0.3 is 0 Å². The van der Waals surface area contributed by atoms with Gasteiger partial charge in [-0.25, -0.2) is 9.97 Å². The van der Waals surface area contributed by atoms with Crippen LogP contribution in [0.5, 0.6) is 0 Å². The SMILES string of the molecule is O=C1NC(Cc2ncnc3ccccc23)C(=O)N2CCCC12. The van der Waals surface area contributed by atoms with Crippen molar-refractivity contribution in [3.05, 3.63) is 36.3 Å². The summed E-state index contributed by atoms with van der Waals surface area (Å²) in [6.07, 6.45) is 3.57. The molecule has 2 aromatic rings. The molecule has 3 heterocycles. The van der Waals surface area contributed by atoms with Crippen LogP contribution in [0.4, 0.5) is 0 Å². The highest BCUT2D eigenvalue weighted by molar-refractivity contribution is 5.97. The standard InChI is InChI=1S/C16H16N4O2/c21-15-14-6-3-7-20(14)16(22)13(19-15)8-12-10-4-1-2-5-11(10)17-9-18-12/h1-2,4-5,9,13-14H,3,6-8H2,(H,19,21). The lowest BCUT2D eigenvalue weighted by molar-refractivity contribution is -0.147. The Bertz CT molecular complexity index is 755. The molecule has 2 aliphatic heterocycles. The fourth-order valence-electron chi connectivity index (χ4n) is 3.39. The van der Waals surface area contributed by atoms with E-state index in [1.54, 1.807) is 4.90 Å². The number of carbonyl (C=O) groups is 2. The lowest BCUT2D eigenvalue weighted by Crippen LogP contribution is -2.61. The van der Waals surface area contributed by atoms with Gasteiger partial charge in [-0.3, -0.25) is 9.59 Å². The van der Waals surface area contributed by atoms with Crippen molar-refractivity contribution in [1.82, 2.24) is 20.2 Å². The van der Waals surface area contributed by atoms with Crippen LogP contribution in [-0.2, 0) is 16.0 Å². The maximum absolute atomic E-state index is 12.6. The number of amides is 2. The number of nitrogens with zero attached hydrogens (tertiary/aromatic N) is 3. The summed E-state index contributed by atoms with van der Waals surface area (Å²) in [6.45, 7) is 0.679. The molecule has 2 fully saturated rings. The predicted octanol–water partition coefficient (Wildman–Crippen LogP) is 0.662. The van der Waals surface area contributed by atoms with Crippen LogP contribution >= 0.6 is 0 Å². The maximum atomic E-state index is 12.6. The number of rotatable bonds is 2. The highest BCUT2D eigenvalue weighted by atomic mass is 16.2. The first-order chi connectivity index (χ1) is 10.7. The first-order valence-electron chi connectivity index (χ1n) is 7.53. The number of benzene rings is 1. The molecule has 2 atom stereocenters. The lowest BCUT2D eigenvalue weighted by atomic mass is 10.0. The van der Waals surface area contributed by atoms with Crippen molar-refractivity contribution < 1.29 is 9.59 Å². The summed E-state index contributed by atoms with van der Waals surface area (Å²) < 4.78 is 0. The van der Waals surface area contributed by atoms with Crippen LogP contribution in [0.2, 0.25) is 0 Å². The average Bonchev–Trinajstić information content (AvgIpc) is 3.03. The Morgan fingerprint density at radius 2 is 2.09 bits per heavy atom. The molecule has 0 bridgehead atoms. The van der Waals surface area contributed by atoms with Crippen LogP contribution < -0.4 is 5.32 Å². The molecule has 6 heteroatoms. The first kappa shape index (κ1) is 13.2. The van der Waals surface area contributed by atoms with Gasteiger partial charge in [-0.15, -0.1) is 0 Å². The molecule has 6 nitrogen and oxygen atoms in total. The zero-order chi connectivity index (χ0) is 15.1. The topological polar surface area (TPSA) is 75.2 Å². The summed E-state index contributed by atoms with van der Waals surface area (Å²) in [5, 5.41) is 3.79. The van der Waals surface area contributed by atoms with Crippen molar-refractivity contribution in [2.24, 2.45) is 0 Å². The molecular weight excluding hydrogens is 280 g/mol. The van der Waals surface area contributed by atoms with Crippen LogP contribution in [0.3, 0.4) is 0 Å². The number of aromatic nitrogens is 2. The van der Waals surface area contributed by atoms with Gasteiger partial charge in [0.05, 0.1) is 11.2 Å². The molecule has 1 N–H and O–H groups in total. The van der Waals surface area contributed by atoms with E-state index in [-0.39, 0.29) is 17.9 Å². The van der Waals surface area contributed by atoms with Crippen molar-refractivity contribution >= 4 is 22.7 Å². The van der Waals surface area contributed by atoms with Crippen molar-refractivity contribution in [2.75, 3.05) is 6.54 Å². The maximum Gasteiger partial charge on any atom is 0.246 e. The molecule has 4 rings (SSSR count). The smallest absolute Gasteiger partial charge is 0.246 e. The highest BCUT2D eigenvalue weighted by Gasteiger charge is 2.42. The van der Waals surface area contributed by atoms with E-state index in [1.165, 1.54) is 6.33 Å². The molecule has 0 aliphatic carbocycles. The quantitative estimate of drug-likeness (QED) is 0.883. The van der Waals surface area contributed by atoms with Gasteiger partial charge in [0.15, 0.2) is 0 Å². The summed E-state index contributed by atoms with van der Waals surface area (Å²) >= 11 is 0. The molecule has 0 spiro atoms. The Hall–Kier alpha value is -2.50. The number of piperazine rings is 1. The Kier molecular flexibility index (Phi) is 3.03. The van der Waals surface area contributed by atoms with E-state index in [0.29, 0.717) is 13.0 Å². The van der Waals surface area contributed by atoms with Gasteiger partial charge in [-0.2, -0.15) is 0 Å². The number of para-hydroxylation sites is 1. The van der Waals surface area contributed by atoms with Crippen molar-refractivity contribution in [3.8, 4) is 0 Å². The predicted molar refractivity (Wildman–Crippen MR) is 79.9 cm³/mol. The molecule has 1 aromatic heterocycles. The molecule has 1 aromatic carbocycles. The summed E-state index contributed by atoms with van der Waals surface area (Å²) in [4.78, 5) is 35.0. The van der Waals surface area contributed by atoms with E-state index < -0.39 is 6.04 Å². The molecule has 112 valence electrons. The number of hydrogen-bond acceptors (Lipinski definition) is 4. The second-order valence-electron chi connectivity index (χ2n) is 5.79. The van der Waals surface area contributed by atoms with Gasteiger partial charge in [0.25, 0.3) is 0 Å². The fourth-order valence-corrected chi connectivity index (χ4v) is 3.39. The van der Waals surface area contributed by atoms with E-state index in [2.05, 4.69) is 15.3 Å². The molecule has 2 amide bonds. The van der Waals surface area contributed by atoms with Gasteiger partial charge in [-0.05, 0) is 18.9 Å². The molecule has 22 heavy (non-hydrogen) atoms. The highest BCUT2D eigenvalue weighted by Crippen LogP contribution is 2.24. The van der Waals surface area contributed by atoms with Crippen LogP contribution in [0.25, 0.3) is 10.9 Å². The van der Waals surface area contributed by atoms with Gasteiger partial charge in [0.1, 0.15) is 18.4 Å². The minimum Gasteiger partial charge on any atom is -0.342 e. The molecule has 0 radical (unpaired) electrons. The molecule has 2 saturated heterocycles. The van der Waals surface area contributed by atoms with Crippen LogP contribution in [0.1, 0.15) is 18.5 Å². The van der Waals surface area contributed by atoms with Gasteiger partial charge in [0.2, 0.25) is 11.8 Å². The molecule has 2 unspecified atom stereocenters. The zero-order valence-corrected chi connectivity index (χ0v) is 12.0. The van der Waals surface area contributed by atoms with Gasteiger partial charge < -0.3 is 10.2 Å². The monoisotopic (exact) mass is 296 g/mol. The summed E-state index contributed by atoms with van der Waals surface area (Å²) in [6, 6.07) is 6.90. The molecule has 0 saturated carbocycles. The van der Waals surface area contributed by atoms with Gasteiger partial charge in [-0.1, -0.05) is 18.2 Å². The minimum absolute atomic E-state index is 0.00444. The largest absolute Gasteiger partial charge is 0.342 e. The zero-order valence-electron chi connectivity index (χ0n) is 12.0. The van der Waals surface area contributed by atoms with E-state index in [1.807, 2.05) is 24.3 Å². The Labute approximate surface area is 127 Å². The third-order valence-electron chi connectivity index (χ3n) is 4.48. The Balaban J connectivity index is 1.65. The van der Waals surface area contributed by atoms with E-state index in [0.717, 1.165) is 29.4 Å². The fraction of sp³-hybridized carbons (Fsp3) is 0.375. The van der Waals surface area contributed by atoms with Crippen molar-refractivity contribution in [1.29, 1.82) is 0 Å². The second kappa shape index (κ2) is 5.05. The minimum atomic E-state index is -0.528. The van der Waals surface area contributed by atoms with Crippen LogP contribution in [0.15, 0.2) is 30.6 Å². The molecular formula is C16H16N4O2. The summed E-state index contributed by atoms with van der Waals surface area (Å²) in [7, 11) is 0. The third-order valence-corrected chi connectivity index (χ3v) is 4.48. The van der Waals surface area contributed by atoms with Crippen molar-refractivity contribution in [2.45, 2.75) is 31.3 Å². The number of hydrogen-bond donors (Lipinski definition) is 1. The normalized spacial score (nSPS) is 24.5. The van der Waals surface area contributed by atoms with Crippen molar-refractivity contribution in [3.63, 3.8) is 0 Å². The third kappa shape index (κ3) is 2.03. The van der Waals surface area contributed by atoms with Crippen LogP contribution in [0, 0.1) is 0 Å². The number of fused-ring (bicyclic) bond motifs is 2. The number of nitrogens with one attached hydrogen (secondary N) is 1. The average molecular weight is 296 g/mol. The Morgan fingerprint density at radius 3 is 3.00 bits per heavy atom. The number of carbonyl (C=O) groups excluding carboxylic acids is 2. The Morgan fingerprint density at radius 1 is 1.23 bits per heavy atom.